The minimum Gasteiger partial charge on any atom is -0.339 e. The molecule has 1 aliphatic rings. The van der Waals surface area contributed by atoms with Gasteiger partial charge in [0.2, 0.25) is 0 Å². The molecular weight excluding hydrogens is 224 g/mol. The van der Waals surface area contributed by atoms with E-state index >= 15 is 0 Å². The molecule has 4 heteroatoms. The van der Waals surface area contributed by atoms with E-state index < -0.39 is 11.6 Å². The Balaban J connectivity index is 2.15. The van der Waals surface area contributed by atoms with Crippen LogP contribution in [-0.2, 0) is 0 Å². The van der Waals surface area contributed by atoms with E-state index in [1.54, 1.807) is 11.9 Å². The molecule has 1 fully saturated rings. The molecule has 92 valence electrons. The first-order valence-electron chi connectivity index (χ1n) is 5.73. The summed E-state index contributed by atoms with van der Waals surface area (Å²) in [5, 5.41) is 0. The summed E-state index contributed by atoms with van der Waals surface area (Å²) in [6.45, 7) is 1.98. The normalized spacial score (nSPS) is 16.7. The molecule has 0 aromatic heterocycles. The fraction of sp³-hybridized carbons (Fsp3) is 0.462. The molecule has 2 nitrogen and oxygen atoms in total. The van der Waals surface area contributed by atoms with Gasteiger partial charge in [0.15, 0.2) is 11.6 Å². The molecule has 1 unspecified atom stereocenters. The van der Waals surface area contributed by atoms with Crippen molar-refractivity contribution in [2.24, 2.45) is 5.92 Å². The molecule has 0 spiro atoms. The van der Waals surface area contributed by atoms with Crippen LogP contribution in [0.15, 0.2) is 18.2 Å². The van der Waals surface area contributed by atoms with Crippen molar-refractivity contribution >= 4 is 5.91 Å². The molecule has 1 aromatic carbocycles. The van der Waals surface area contributed by atoms with Crippen LogP contribution in [0.3, 0.4) is 0 Å². The Bertz CT molecular complexity index is 443. The van der Waals surface area contributed by atoms with Crippen molar-refractivity contribution in [2.45, 2.75) is 25.8 Å². The lowest BCUT2D eigenvalue weighted by atomic mass is 10.1. The highest BCUT2D eigenvalue weighted by atomic mass is 19.2. The lowest BCUT2D eigenvalue weighted by Gasteiger charge is -2.24. The molecule has 0 heterocycles. The molecule has 0 N–H and O–H groups in total. The van der Waals surface area contributed by atoms with Crippen LogP contribution < -0.4 is 0 Å². The predicted molar refractivity (Wildman–Crippen MR) is 60.6 cm³/mol. The Kier molecular flexibility index (Phi) is 3.13. The van der Waals surface area contributed by atoms with Crippen molar-refractivity contribution in [2.75, 3.05) is 7.05 Å². The molecule has 1 aromatic rings. The van der Waals surface area contributed by atoms with E-state index in [-0.39, 0.29) is 17.5 Å². The molecule has 1 aliphatic carbocycles. The highest BCUT2D eigenvalue weighted by molar-refractivity contribution is 5.94. The van der Waals surface area contributed by atoms with Crippen LogP contribution in [0.2, 0.25) is 0 Å². The van der Waals surface area contributed by atoms with Gasteiger partial charge in [-0.15, -0.1) is 0 Å². The predicted octanol–water partition coefficient (Wildman–Crippen LogP) is 2.84. The fourth-order valence-corrected chi connectivity index (χ4v) is 1.91. The SMILES string of the molecule is CC(C1CC1)N(C)C(=O)c1ccc(F)c(F)c1. The smallest absolute Gasteiger partial charge is 0.253 e. The number of amides is 1. The van der Waals surface area contributed by atoms with Gasteiger partial charge < -0.3 is 4.90 Å². The second-order valence-corrected chi connectivity index (χ2v) is 4.62. The third-order valence-electron chi connectivity index (χ3n) is 3.40. The molecule has 1 atom stereocenters. The van der Waals surface area contributed by atoms with Crippen LogP contribution in [0.1, 0.15) is 30.1 Å². The maximum Gasteiger partial charge on any atom is 0.253 e. The van der Waals surface area contributed by atoms with Gasteiger partial charge in [-0.1, -0.05) is 0 Å². The zero-order chi connectivity index (χ0) is 12.6. The van der Waals surface area contributed by atoms with Gasteiger partial charge in [0.05, 0.1) is 0 Å². The number of hydrogen-bond acceptors (Lipinski definition) is 1. The number of carbonyl (C=O) groups excluding carboxylic acids is 1. The molecule has 0 aliphatic heterocycles. The molecule has 2 rings (SSSR count). The number of halogens is 2. The zero-order valence-electron chi connectivity index (χ0n) is 9.91. The monoisotopic (exact) mass is 239 g/mol. The van der Waals surface area contributed by atoms with Gasteiger partial charge in [-0.3, -0.25) is 4.79 Å². The Labute approximate surface area is 99.2 Å². The van der Waals surface area contributed by atoms with Gasteiger partial charge in [-0.25, -0.2) is 8.78 Å². The lowest BCUT2D eigenvalue weighted by Crippen LogP contribution is -2.36. The number of rotatable bonds is 3. The summed E-state index contributed by atoms with van der Waals surface area (Å²) < 4.78 is 25.8. The lowest BCUT2D eigenvalue weighted by molar-refractivity contribution is 0.0726. The molecule has 1 amide bonds. The Hall–Kier alpha value is -1.45. The largest absolute Gasteiger partial charge is 0.339 e. The van der Waals surface area contributed by atoms with Gasteiger partial charge in [0.25, 0.3) is 5.91 Å². The first-order chi connectivity index (χ1) is 8.00. The summed E-state index contributed by atoms with van der Waals surface area (Å²) in [4.78, 5) is 13.6. The molecule has 0 saturated heterocycles. The summed E-state index contributed by atoms with van der Waals surface area (Å²) in [6, 6.07) is 3.40. The van der Waals surface area contributed by atoms with E-state index in [2.05, 4.69) is 0 Å². The maximum atomic E-state index is 13.0. The van der Waals surface area contributed by atoms with E-state index in [9.17, 15) is 13.6 Å². The van der Waals surface area contributed by atoms with Crippen LogP contribution in [0, 0.1) is 17.6 Å². The van der Waals surface area contributed by atoms with Gasteiger partial charge in [0, 0.05) is 18.7 Å². The maximum absolute atomic E-state index is 13.0. The average Bonchev–Trinajstić information content (AvgIpc) is 3.14. The van der Waals surface area contributed by atoms with Gasteiger partial charge in [-0.2, -0.15) is 0 Å². The summed E-state index contributed by atoms with van der Waals surface area (Å²) in [5.74, 6) is -1.62. The first-order valence-corrected chi connectivity index (χ1v) is 5.73. The van der Waals surface area contributed by atoms with Gasteiger partial charge in [0.1, 0.15) is 0 Å². The van der Waals surface area contributed by atoms with Crippen LogP contribution in [0.4, 0.5) is 8.78 Å². The second-order valence-electron chi connectivity index (χ2n) is 4.62. The minimum atomic E-state index is -0.983. The fourth-order valence-electron chi connectivity index (χ4n) is 1.91. The average molecular weight is 239 g/mol. The van der Waals surface area contributed by atoms with E-state index in [1.807, 2.05) is 6.92 Å². The summed E-state index contributed by atoms with van der Waals surface area (Å²) in [6.07, 6.45) is 2.27. The Morgan fingerprint density at radius 1 is 1.35 bits per heavy atom. The van der Waals surface area contributed by atoms with Gasteiger partial charge >= 0.3 is 0 Å². The zero-order valence-corrected chi connectivity index (χ0v) is 9.91. The van der Waals surface area contributed by atoms with Crippen molar-refractivity contribution in [1.29, 1.82) is 0 Å². The summed E-state index contributed by atoms with van der Waals surface area (Å²) in [7, 11) is 1.70. The van der Waals surface area contributed by atoms with Crippen molar-refractivity contribution in [3.05, 3.63) is 35.4 Å². The third-order valence-corrected chi connectivity index (χ3v) is 3.40. The summed E-state index contributed by atoms with van der Waals surface area (Å²) in [5.41, 5.74) is 0.193. The van der Waals surface area contributed by atoms with Crippen molar-refractivity contribution < 1.29 is 13.6 Å². The van der Waals surface area contributed by atoms with Crippen molar-refractivity contribution in [1.82, 2.24) is 4.90 Å². The van der Waals surface area contributed by atoms with Crippen molar-refractivity contribution in [3.8, 4) is 0 Å². The van der Waals surface area contributed by atoms with Gasteiger partial charge in [-0.05, 0) is 43.9 Å². The number of benzene rings is 1. The highest BCUT2D eigenvalue weighted by Crippen LogP contribution is 2.35. The summed E-state index contributed by atoms with van der Waals surface area (Å²) >= 11 is 0. The van der Waals surface area contributed by atoms with E-state index in [4.69, 9.17) is 0 Å². The number of carbonyl (C=O) groups is 1. The van der Waals surface area contributed by atoms with Crippen molar-refractivity contribution in [3.63, 3.8) is 0 Å². The molecule has 17 heavy (non-hydrogen) atoms. The number of hydrogen-bond donors (Lipinski definition) is 0. The molecule has 0 bridgehead atoms. The molecule has 0 radical (unpaired) electrons. The highest BCUT2D eigenvalue weighted by Gasteiger charge is 2.32. The Morgan fingerprint density at radius 3 is 2.53 bits per heavy atom. The van der Waals surface area contributed by atoms with E-state index in [0.29, 0.717) is 5.92 Å². The standard InChI is InChI=1S/C13H15F2NO/c1-8(9-3-4-9)16(2)13(17)10-5-6-11(14)12(15)7-10/h5-9H,3-4H2,1-2H3. The minimum absolute atomic E-state index is 0.149. The molecular formula is C13H15F2NO. The molecule has 1 saturated carbocycles. The van der Waals surface area contributed by atoms with E-state index in [1.165, 1.54) is 6.07 Å². The Morgan fingerprint density at radius 2 is 2.00 bits per heavy atom. The van der Waals surface area contributed by atoms with Crippen LogP contribution >= 0.6 is 0 Å². The topological polar surface area (TPSA) is 20.3 Å². The van der Waals surface area contributed by atoms with Crippen LogP contribution in [-0.4, -0.2) is 23.9 Å². The number of nitrogens with zero attached hydrogens (tertiary/aromatic N) is 1. The third kappa shape index (κ3) is 2.46. The van der Waals surface area contributed by atoms with Crippen LogP contribution in [0.5, 0.6) is 0 Å². The second kappa shape index (κ2) is 4.43. The quantitative estimate of drug-likeness (QED) is 0.794. The van der Waals surface area contributed by atoms with Crippen LogP contribution in [0.25, 0.3) is 0 Å². The first kappa shape index (κ1) is 12.0. The van der Waals surface area contributed by atoms with E-state index in [0.717, 1.165) is 25.0 Å².